The minimum absolute atomic E-state index is 0.113. The van der Waals surface area contributed by atoms with E-state index in [9.17, 15) is 14.7 Å². The van der Waals surface area contributed by atoms with E-state index in [1.165, 1.54) is 0 Å². The molecule has 0 bridgehead atoms. The highest BCUT2D eigenvalue weighted by Gasteiger charge is 2.29. The Kier molecular flexibility index (Phi) is 5.49. The van der Waals surface area contributed by atoms with Crippen LogP contribution in [0.4, 0.5) is 5.69 Å². The molecule has 0 spiro atoms. The minimum Gasteiger partial charge on any atom is -0.481 e. The number of hydrogen-bond donors (Lipinski definition) is 3. The van der Waals surface area contributed by atoms with Crippen LogP contribution in [0.25, 0.3) is 0 Å². The summed E-state index contributed by atoms with van der Waals surface area (Å²) in [7, 11) is 0. The van der Waals surface area contributed by atoms with Gasteiger partial charge in [0.25, 0.3) is 0 Å². The number of carboxylic acid groups (broad SMARTS) is 1. The first-order chi connectivity index (χ1) is 9.70. The fourth-order valence-corrected chi connectivity index (χ4v) is 2.01. The molecule has 0 aliphatic carbocycles. The highest BCUT2D eigenvalue weighted by molar-refractivity contribution is 5.93. The molecule has 21 heavy (non-hydrogen) atoms. The van der Waals surface area contributed by atoms with E-state index in [0.717, 1.165) is 0 Å². The van der Waals surface area contributed by atoms with Crippen molar-refractivity contribution in [1.29, 1.82) is 0 Å². The van der Waals surface area contributed by atoms with Crippen LogP contribution in [0.15, 0.2) is 24.3 Å². The Hall–Kier alpha value is -1.88. The molecule has 0 aromatic heterocycles. The molecule has 5 heteroatoms. The predicted octanol–water partition coefficient (Wildman–Crippen LogP) is 2.22. The summed E-state index contributed by atoms with van der Waals surface area (Å²) in [6.07, 6.45) is 0. The Morgan fingerprint density at radius 3 is 2.14 bits per heavy atom. The lowest BCUT2D eigenvalue weighted by molar-refractivity contribution is -0.142. The molecule has 0 radical (unpaired) electrons. The van der Waals surface area contributed by atoms with Crippen molar-refractivity contribution in [3.05, 3.63) is 29.8 Å². The first-order valence-electron chi connectivity index (χ1n) is 7.05. The van der Waals surface area contributed by atoms with Gasteiger partial charge in [-0.1, -0.05) is 26.0 Å². The molecule has 0 saturated carbocycles. The van der Waals surface area contributed by atoms with E-state index < -0.39 is 11.4 Å². The molecule has 0 aliphatic rings. The van der Waals surface area contributed by atoms with E-state index in [2.05, 4.69) is 5.32 Å². The second-order valence-corrected chi connectivity index (χ2v) is 6.08. The molecular formula is C16H24N2O3. The van der Waals surface area contributed by atoms with Gasteiger partial charge in [-0.05, 0) is 37.5 Å². The number of aliphatic carboxylic acids is 1. The molecule has 0 aliphatic heterocycles. The van der Waals surface area contributed by atoms with Crippen molar-refractivity contribution in [2.24, 2.45) is 17.6 Å². The van der Waals surface area contributed by atoms with Crippen molar-refractivity contribution < 1.29 is 14.7 Å². The Morgan fingerprint density at radius 2 is 1.76 bits per heavy atom. The normalized spacial score (nSPS) is 13.0. The third kappa shape index (κ3) is 4.04. The van der Waals surface area contributed by atoms with E-state index >= 15 is 0 Å². The molecule has 0 heterocycles. The van der Waals surface area contributed by atoms with Crippen LogP contribution in [-0.2, 0) is 15.0 Å². The molecule has 0 fully saturated rings. The molecule has 0 saturated heterocycles. The lowest BCUT2D eigenvalue weighted by Crippen LogP contribution is -2.33. The van der Waals surface area contributed by atoms with E-state index in [1.54, 1.807) is 38.1 Å². The van der Waals surface area contributed by atoms with Gasteiger partial charge in [0.05, 0.1) is 11.3 Å². The maximum atomic E-state index is 12.1. The van der Waals surface area contributed by atoms with Crippen LogP contribution in [0.3, 0.4) is 0 Å². The van der Waals surface area contributed by atoms with Gasteiger partial charge in [0.15, 0.2) is 0 Å². The lowest BCUT2D eigenvalue weighted by atomic mass is 9.85. The first kappa shape index (κ1) is 17.2. The number of amides is 1. The Labute approximate surface area is 125 Å². The summed E-state index contributed by atoms with van der Waals surface area (Å²) in [5.74, 6) is -1.07. The maximum Gasteiger partial charge on any atom is 0.313 e. The number of carbonyl (C=O) groups is 2. The standard InChI is InChI=1S/C16H24N2O3/c1-10(2)13(9-17)14(19)18-12-7-5-11(6-8-12)16(3,4)15(20)21/h5-8,10,13H,9,17H2,1-4H3,(H,18,19)(H,20,21). The van der Waals surface area contributed by atoms with Crippen LogP contribution in [0.2, 0.25) is 0 Å². The van der Waals surface area contributed by atoms with Gasteiger partial charge in [0.1, 0.15) is 0 Å². The fraction of sp³-hybridized carbons (Fsp3) is 0.500. The zero-order valence-corrected chi connectivity index (χ0v) is 13.0. The zero-order chi connectivity index (χ0) is 16.2. The number of nitrogens with two attached hydrogens (primary N) is 1. The average molecular weight is 292 g/mol. The number of nitrogens with one attached hydrogen (secondary N) is 1. The molecule has 116 valence electrons. The van der Waals surface area contributed by atoms with Gasteiger partial charge in [0, 0.05) is 12.2 Å². The molecule has 4 N–H and O–H groups in total. The summed E-state index contributed by atoms with van der Waals surface area (Å²) in [6.45, 7) is 7.50. The number of carbonyl (C=O) groups excluding carboxylic acids is 1. The number of benzene rings is 1. The number of rotatable bonds is 6. The van der Waals surface area contributed by atoms with Gasteiger partial charge >= 0.3 is 5.97 Å². The molecule has 1 aromatic carbocycles. The van der Waals surface area contributed by atoms with Crippen LogP contribution in [0.1, 0.15) is 33.3 Å². The third-order valence-corrected chi connectivity index (χ3v) is 3.80. The summed E-state index contributed by atoms with van der Waals surface area (Å²) in [5.41, 5.74) is 5.99. The van der Waals surface area contributed by atoms with E-state index in [4.69, 9.17) is 5.73 Å². The highest BCUT2D eigenvalue weighted by Crippen LogP contribution is 2.25. The second kappa shape index (κ2) is 6.72. The zero-order valence-electron chi connectivity index (χ0n) is 13.0. The number of carboxylic acids is 1. The highest BCUT2D eigenvalue weighted by atomic mass is 16.4. The molecule has 1 aromatic rings. The van der Waals surface area contributed by atoms with E-state index in [1.807, 2.05) is 13.8 Å². The summed E-state index contributed by atoms with van der Waals surface area (Å²) in [5, 5.41) is 12.0. The van der Waals surface area contributed by atoms with Gasteiger partial charge in [-0.15, -0.1) is 0 Å². The van der Waals surface area contributed by atoms with E-state index in [0.29, 0.717) is 17.8 Å². The van der Waals surface area contributed by atoms with Crippen LogP contribution in [0.5, 0.6) is 0 Å². The topological polar surface area (TPSA) is 92.4 Å². The monoisotopic (exact) mass is 292 g/mol. The smallest absolute Gasteiger partial charge is 0.313 e. The summed E-state index contributed by atoms with van der Waals surface area (Å²) in [6, 6.07) is 6.87. The van der Waals surface area contributed by atoms with Crippen LogP contribution in [-0.4, -0.2) is 23.5 Å². The number of anilines is 1. The van der Waals surface area contributed by atoms with Gasteiger partial charge < -0.3 is 16.2 Å². The molecule has 5 nitrogen and oxygen atoms in total. The molecule has 1 unspecified atom stereocenters. The minimum atomic E-state index is -0.958. The molecule has 1 rings (SSSR count). The van der Waals surface area contributed by atoms with Crippen molar-refractivity contribution in [2.75, 3.05) is 11.9 Å². The lowest BCUT2D eigenvalue weighted by Gasteiger charge is -2.21. The largest absolute Gasteiger partial charge is 0.481 e. The summed E-state index contributed by atoms with van der Waals surface area (Å²) >= 11 is 0. The SMILES string of the molecule is CC(C)C(CN)C(=O)Nc1ccc(C(C)(C)C(=O)O)cc1. The fourth-order valence-electron chi connectivity index (χ4n) is 2.01. The predicted molar refractivity (Wildman–Crippen MR) is 83.1 cm³/mol. The Bertz CT molecular complexity index is 507. The average Bonchev–Trinajstić information content (AvgIpc) is 2.39. The van der Waals surface area contributed by atoms with Crippen molar-refractivity contribution >= 4 is 17.6 Å². The van der Waals surface area contributed by atoms with Crippen LogP contribution in [0, 0.1) is 11.8 Å². The van der Waals surface area contributed by atoms with Crippen molar-refractivity contribution in [2.45, 2.75) is 33.1 Å². The van der Waals surface area contributed by atoms with Crippen molar-refractivity contribution in [3.8, 4) is 0 Å². The molecule has 1 amide bonds. The summed E-state index contributed by atoms with van der Waals surface area (Å²) < 4.78 is 0. The quantitative estimate of drug-likeness (QED) is 0.749. The third-order valence-electron chi connectivity index (χ3n) is 3.80. The Balaban J connectivity index is 2.85. The van der Waals surface area contributed by atoms with Crippen LogP contribution >= 0.6 is 0 Å². The van der Waals surface area contributed by atoms with Crippen molar-refractivity contribution in [1.82, 2.24) is 0 Å². The van der Waals surface area contributed by atoms with Crippen molar-refractivity contribution in [3.63, 3.8) is 0 Å². The Morgan fingerprint density at radius 1 is 1.24 bits per heavy atom. The number of hydrogen-bond acceptors (Lipinski definition) is 3. The van der Waals surface area contributed by atoms with Gasteiger partial charge in [-0.25, -0.2) is 0 Å². The van der Waals surface area contributed by atoms with Gasteiger partial charge in [-0.2, -0.15) is 0 Å². The van der Waals surface area contributed by atoms with E-state index in [-0.39, 0.29) is 17.7 Å². The second-order valence-electron chi connectivity index (χ2n) is 6.08. The summed E-state index contributed by atoms with van der Waals surface area (Å²) in [4.78, 5) is 23.3. The van der Waals surface area contributed by atoms with Gasteiger partial charge in [0.2, 0.25) is 5.91 Å². The molecule has 1 atom stereocenters. The van der Waals surface area contributed by atoms with Gasteiger partial charge in [-0.3, -0.25) is 9.59 Å². The maximum absolute atomic E-state index is 12.1. The molecular weight excluding hydrogens is 268 g/mol. The first-order valence-corrected chi connectivity index (χ1v) is 7.05. The van der Waals surface area contributed by atoms with Crippen LogP contribution < -0.4 is 11.1 Å².